The summed E-state index contributed by atoms with van der Waals surface area (Å²) in [6.07, 6.45) is 5.13. The van der Waals surface area contributed by atoms with E-state index >= 15 is 0 Å². The monoisotopic (exact) mass is 249 g/mol. The molecule has 0 bridgehead atoms. The highest BCUT2D eigenvalue weighted by Crippen LogP contribution is 2.26. The Morgan fingerprint density at radius 1 is 1.50 bits per heavy atom. The second-order valence-electron chi connectivity index (χ2n) is 5.02. The lowest BCUT2D eigenvalue weighted by atomic mass is 9.93. The number of hydrogen-bond donors (Lipinski definition) is 2. The van der Waals surface area contributed by atoms with Crippen molar-refractivity contribution < 1.29 is 5.11 Å². The molecule has 2 unspecified atom stereocenters. The quantitative estimate of drug-likeness (QED) is 0.822. The lowest BCUT2D eigenvalue weighted by Crippen LogP contribution is -2.41. The Balaban J connectivity index is 2.03. The number of hydrogen-bond acceptors (Lipinski definition) is 4. The number of likely N-dealkylation sites (tertiary alicyclic amines) is 1. The maximum Gasteiger partial charge on any atom is 0.0644 e. The van der Waals surface area contributed by atoms with E-state index < -0.39 is 0 Å². The minimum absolute atomic E-state index is 0.215. The van der Waals surface area contributed by atoms with E-state index in [2.05, 4.69) is 9.88 Å². The number of nitrogens with zero attached hydrogens (tertiary/aromatic N) is 2. The van der Waals surface area contributed by atoms with Crippen molar-refractivity contribution >= 4 is 0 Å². The molecule has 18 heavy (non-hydrogen) atoms. The van der Waals surface area contributed by atoms with Crippen LogP contribution in [0.2, 0.25) is 0 Å². The average Bonchev–Trinajstić information content (AvgIpc) is 2.42. The molecule has 1 aromatic heterocycles. The number of aromatic nitrogens is 1. The molecule has 1 fully saturated rings. The summed E-state index contributed by atoms with van der Waals surface area (Å²) >= 11 is 0. The first-order valence-electron chi connectivity index (χ1n) is 6.81. The highest BCUT2D eigenvalue weighted by molar-refractivity contribution is 5.09. The van der Waals surface area contributed by atoms with Crippen LogP contribution in [0.3, 0.4) is 0 Å². The summed E-state index contributed by atoms with van der Waals surface area (Å²) in [6.45, 7) is 3.00. The van der Waals surface area contributed by atoms with Crippen LogP contribution in [0, 0.1) is 5.92 Å². The molecule has 4 heteroatoms. The van der Waals surface area contributed by atoms with Gasteiger partial charge >= 0.3 is 0 Å². The molecule has 0 aliphatic carbocycles. The van der Waals surface area contributed by atoms with Crippen LogP contribution in [0.4, 0.5) is 0 Å². The van der Waals surface area contributed by atoms with Gasteiger partial charge in [0.05, 0.1) is 11.7 Å². The van der Waals surface area contributed by atoms with Crippen molar-refractivity contribution in [1.82, 2.24) is 9.88 Å². The van der Waals surface area contributed by atoms with E-state index in [1.54, 1.807) is 0 Å². The Bertz CT molecular complexity index is 342. The van der Waals surface area contributed by atoms with Gasteiger partial charge in [-0.1, -0.05) is 6.07 Å². The third-order valence-electron chi connectivity index (χ3n) is 3.78. The number of piperidine rings is 1. The zero-order chi connectivity index (χ0) is 12.8. The lowest BCUT2D eigenvalue weighted by Gasteiger charge is -2.37. The van der Waals surface area contributed by atoms with Crippen molar-refractivity contribution in [3.8, 4) is 0 Å². The van der Waals surface area contributed by atoms with E-state index in [9.17, 15) is 0 Å². The van der Waals surface area contributed by atoms with Crippen LogP contribution in [0.5, 0.6) is 0 Å². The normalized spacial score (nSPS) is 22.9. The summed E-state index contributed by atoms with van der Waals surface area (Å²) in [5.74, 6) is 0.599. The van der Waals surface area contributed by atoms with Gasteiger partial charge in [-0.05, 0) is 43.9 Å². The summed E-state index contributed by atoms with van der Waals surface area (Å²) in [6, 6.07) is 6.21. The summed E-state index contributed by atoms with van der Waals surface area (Å²) in [5.41, 5.74) is 6.98. The molecule has 0 radical (unpaired) electrons. The van der Waals surface area contributed by atoms with E-state index in [1.165, 1.54) is 12.8 Å². The molecule has 0 amide bonds. The minimum Gasteiger partial charge on any atom is -0.396 e. The van der Waals surface area contributed by atoms with Crippen LogP contribution in [-0.2, 0) is 0 Å². The van der Waals surface area contributed by atoms with Gasteiger partial charge in [-0.3, -0.25) is 9.88 Å². The summed E-state index contributed by atoms with van der Waals surface area (Å²) in [7, 11) is 0. The number of nitrogens with two attached hydrogens (primary N) is 1. The van der Waals surface area contributed by atoms with Crippen LogP contribution >= 0.6 is 0 Å². The van der Waals surface area contributed by atoms with Crippen LogP contribution in [-0.4, -0.2) is 41.2 Å². The first kappa shape index (κ1) is 13.5. The molecule has 0 saturated carbocycles. The SMILES string of the molecule is NCC(c1ccccn1)N1CCCC(CCO)C1. The average molecular weight is 249 g/mol. The largest absolute Gasteiger partial charge is 0.396 e. The van der Waals surface area contributed by atoms with Crippen molar-refractivity contribution in [3.05, 3.63) is 30.1 Å². The van der Waals surface area contributed by atoms with Gasteiger partial charge in [0.15, 0.2) is 0 Å². The predicted octanol–water partition coefficient (Wildman–Crippen LogP) is 1.18. The van der Waals surface area contributed by atoms with Gasteiger partial charge in [0, 0.05) is 25.9 Å². The maximum atomic E-state index is 9.06. The third-order valence-corrected chi connectivity index (χ3v) is 3.78. The van der Waals surface area contributed by atoms with Crippen molar-refractivity contribution in [3.63, 3.8) is 0 Å². The molecule has 0 spiro atoms. The zero-order valence-electron chi connectivity index (χ0n) is 10.8. The molecule has 1 aliphatic heterocycles. The van der Waals surface area contributed by atoms with Crippen molar-refractivity contribution in [1.29, 1.82) is 0 Å². The highest BCUT2D eigenvalue weighted by Gasteiger charge is 2.26. The Morgan fingerprint density at radius 3 is 3.06 bits per heavy atom. The zero-order valence-corrected chi connectivity index (χ0v) is 10.8. The van der Waals surface area contributed by atoms with Crippen LogP contribution in [0.25, 0.3) is 0 Å². The molecule has 1 saturated heterocycles. The summed E-state index contributed by atoms with van der Waals surface area (Å²) in [4.78, 5) is 6.85. The molecule has 1 aliphatic rings. The van der Waals surface area contributed by atoms with Gasteiger partial charge in [0.1, 0.15) is 0 Å². The molecule has 2 rings (SSSR count). The molecule has 2 heterocycles. The van der Waals surface area contributed by atoms with Crippen LogP contribution in [0.1, 0.15) is 31.0 Å². The van der Waals surface area contributed by atoms with Gasteiger partial charge < -0.3 is 10.8 Å². The fourth-order valence-corrected chi connectivity index (χ4v) is 2.83. The van der Waals surface area contributed by atoms with Gasteiger partial charge in [-0.25, -0.2) is 0 Å². The van der Waals surface area contributed by atoms with Crippen molar-refractivity contribution in [2.45, 2.75) is 25.3 Å². The maximum absolute atomic E-state index is 9.06. The van der Waals surface area contributed by atoms with Gasteiger partial charge in [0.25, 0.3) is 0 Å². The lowest BCUT2D eigenvalue weighted by molar-refractivity contribution is 0.108. The standard InChI is InChI=1S/C14H23N3O/c15-10-14(13-5-1-2-7-16-13)17-8-3-4-12(11-17)6-9-18/h1-2,5,7,12,14,18H,3-4,6,8-11,15H2. The number of aliphatic hydroxyl groups is 1. The van der Waals surface area contributed by atoms with Crippen LogP contribution in [0.15, 0.2) is 24.4 Å². The van der Waals surface area contributed by atoms with E-state index in [4.69, 9.17) is 10.8 Å². The topological polar surface area (TPSA) is 62.4 Å². The summed E-state index contributed by atoms with van der Waals surface area (Å²) < 4.78 is 0. The first-order chi connectivity index (χ1) is 8.85. The minimum atomic E-state index is 0.215. The second-order valence-corrected chi connectivity index (χ2v) is 5.02. The van der Waals surface area contributed by atoms with Gasteiger partial charge in [-0.15, -0.1) is 0 Å². The van der Waals surface area contributed by atoms with Gasteiger partial charge in [-0.2, -0.15) is 0 Å². The Morgan fingerprint density at radius 2 is 2.39 bits per heavy atom. The fraction of sp³-hybridized carbons (Fsp3) is 0.643. The first-order valence-corrected chi connectivity index (χ1v) is 6.81. The van der Waals surface area contributed by atoms with Crippen LogP contribution < -0.4 is 5.73 Å². The Hall–Kier alpha value is -0.970. The van der Waals surface area contributed by atoms with E-state index in [1.807, 2.05) is 24.4 Å². The molecule has 100 valence electrons. The van der Waals surface area contributed by atoms with Gasteiger partial charge in [0.2, 0.25) is 0 Å². The molecule has 2 atom stereocenters. The smallest absolute Gasteiger partial charge is 0.0644 e. The number of rotatable bonds is 5. The van der Waals surface area contributed by atoms with Crippen molar-refractivity contribution in [2.24, 2.45) is 11.7 Å². The molecule has 4 nitrogen and oxygen atoms in total. The third kappa shape index (κ3) is 3.28. The highest BCUT2D eigenvalue weighted by atomic mass is 16.3. The fourth-order valence-electron chi connectivity index (χ4n) is 2.83. The molecular formula is C14H23N3O. The molecular weight excluding hydrogens is 226 g/mol. The Kier molecular flexibility index (Phi) is 5.11. The Labute approximate surface area is 109 Å². The van der Waals surface area contributed by atoms with Crippen molar-refractivity contribution in [2.75, 3.05) is 26.2 Å². The second kappa shape index (κ2) is 6.83. The van der Waals surface area contributed by atoms with E-state index in [-0.39, 0.29) is 12.6 Å². The molecule has 0 aromatic carbocycles. The predicted molar refractivity (Wildman–Crippen MR) is 72.0 cm³/mol. The molecule has 3 N–H and O–H groups in total. The summed E-state index contributed by atoms with van der Waals surface area (Å²) in [5, 5.41) is 9.06. The van der Waals surface area contributed by atoms with E-state index in [0.717, 1.165) is 25.2 Å². The number of pyridine rings is 1. The number of aliphatic hydroxyl groups excluding tert-OH is 1. The van der Waals surface area contributed by atoms with E-state index in [0.29, 0.717) is 12.5 Å². The molecule has 1 aromatic rings.